The smallest absolute Gasteiger partial charge is 0.366 e. The number of carbonyl (C=O) groups is 1. The van der Waals surface area contributed by atoms with Crippen molar-refractivity contribution in [2.45, 2.75) is 51.6 Å². The number of amides is 1. The van der Waals surface area contributed by atoms with Crippen LogP contribution in [0.4, 0.5) is 5.69 Å². The third-order valence-corrected chi connectivity index (χ3v) is 5.01. The van der Waals surface area contributed by atoms with E-state index in [9.17, 15) is 14.7 Å². The first kappa shape index (κ1) is 16.6. The highest BCUT2D eigenvalue weighted by Gasteiger charge is 2.39. The number of hydrogen-bond acceptors (Lipinski definition) is 5. The van der Waals surface area contributed by atoms with E-state index < -0.39 is 17.1 Å². The Hall–Kier alpha value is -2.21. The zero-order valence-electron chi connectivity index (χ0n) is 14.0. The van der Waals surface area contributed by atoms with Gasteiger partial charge in [-0.15, -0.1) is 0 Å². The molecule has 6 heteroatoms. The molecule has 0 spiro atoms. The van der Waals surface area contributed by atoms with Crippen molar-refractivity contribution < 1.29 is 14.4 Å². The van der Waals surface area contributed by atoms with E-state index >= 15 is 0 Å². The molecule has 3 rings (SSSR count). The van der Waals surface area contributed by atoms with Crippen LogP contribution in [0, 0.1) is 12.8 Å². The molecule has 6 nitrogen and oxygen atoms in total. The second-order valence-corrected chi connectivity index (χ2v) is 6.75. The molecule has 1 atom stereocenters. The quantitative estimate of drug-likeness (QED) is 0.903. The predicted molar refractivity (Wildman–Crippen MR) is 90.8 cm³/mol. The molecular weight excluding hydrogens is 308 g/mol. The highest BCUT2D eigenvalue weighted by atomic mass is 16.5. The number of aryl methyl sites for hydroxylation is 1. The first-order valence-electron chi connectivity index (χ1n) is 8.34. The minimum atomic E-state index is -1.40. The van der Waals surface area contributed by atoms with E-state index in [0.717, 1.165) is 32.1 Å². The van der Waals surface area contributed by atoms with Gasteiger partial charge in [0.25, 0.3) is 5.91 Å². The fraction of sp³-hybridized carbons (Fsp3) is 0.500. The fourth-order valence-corrected chi connectivity index (χ4v) is 3.42. The van der Waals surface area contributed by atoms with Gasteiger partial charge in [0.1, 0.15) is 5.60 Å². The molecule has 1 saturated carbocycles. The van der Waals surface area contributed by atoms with Crippen molar-refractivity contribution in [3.05, 3.63) is 34.3 Å². The van der Waals surface area contributed by atoms with E-state index in [1.807, 2.05) is 0 Å². The molecule has 0 bridgehead atoms. The van der Waals surface area contributed by atoms with Crippen LogP contribution in [0.3, 0.4) is 0 Å². The topological polar surface area (TPSA) is 92.4 Å². The van der Waals surface area contributed by atoms with Crippen molar-refractivity contribution in [2.75, 3.05) is 5.32 Å². The van der Waals surface area contributed by atoms with Crippen LogP contribution in [0.2, 0.25) is 0 Å². The Morgan fingerprint density at radius 1 is 1.29 bits per heavy atom. The summed E-state index contributed by atoms with van der Waals surface area (Å²) in [5.74, 6) is -0.440. The molecule has 2 N–H and O–H groups in total. The van der Waals surface area contributed by atoms with E-state index in [1.54, 1.807) is 32.0 Å². The summed E-state index contributed by atoms with van der Waals surface area (Å²) < 4.78 is 4.69. The lowest BCUT2D eigenvalue weighted by molar-refractivity contribution is -0.139. The first-order valence-corrected chi connectivity index (χ1v) is 8.34. The van der Waals surface area contributed by atoms with Gasteiger partial charge in [-0.05, 0) is 50.8 Å². The summed E-state index contributed by atoms with van der Waals surface area (Å²) in [6.07, 6.45) is 4.98. The van der Waals surface area contributed by atoms with E-state index in [1.165, 1.54) is 0 Å². The molecule has 0 aliphatic heterocycles. The Labute approximate surface area is 139 Å². The third kappa shape index (κ3) is 3.06. The molecule has 2 aromatic rings. The summed E-state index contributed by atoms with van der Waals surface area (Å²) in [6, 6.07) is 4.91. The predicted octanol–water partition coefficient (Wildman–Crippen LogP) is 2.77. The lowest BCUT2D eigenvalue weighted by Gasteiger charge is -2.34. The Morgan fingerprint density at radius 2 is 2.00 bits per heavy atom. The molecular formula is C18H22N2O4. The van der Waals surface area contributed by atoms with Crippen LogP contribution in [-0.2, 0) is 4.79 Å². The van der Waals surface area contributed by atoms with Gasteiger partial charge < -0.3 is 14.9 Å². The van der Waals surface area contributed by atoms with Crippen LogP contribution in [-0.4, -0.2) is 21.8 Å². The van der Waals surface area contributed by atoms with Gasteiger partial charge in [-0.1, -0.05) is 24.4 Å². The molecule has 1 amide bonds. The van der Waals surface area contributed by atoms with Crippen molar-refractivity contribution >= 4 is 22.4 Å². The Bertz CT molecular complexity index is 819. The normalized spacial score (nSPS) is 18.3. The fourth-order valence-electron chi connectivity index (χ4n) is 3.42. The lowest BCUT2D eigenvalue weighted by Crippen LogP contribution is -2.47. The molecule has 1 aromatic heterocycles. The van der Waals surface area contributed by atoms with Crippen molar-refractivity contribution in [3.63, 3.8) is 0 Å². The average Bonchev–Trinajstić information content (AvgIpc) is 2.59. The lowest BCUT2D eigenvalue weighted by atomic mass is 9.77. The number of benzene rings is 1. The monoisotopic (exact) mass is 330 g/mol. The maximum absolute atomic E-state index is 12.6. The molecule has 0 saturated heterocycles. The van der Waals surface area contributed by atoms with Crippen LogP contribution in [0.25, 0.3) is 10.8 Å². The van der Waals surface area contributed by atoms with Gasteiger partial charge in [0.15, 0.2) is 0 Å². The van der Waals surface area contributed by atoms with E-state index in [2.05, 4.69) is 10.5 Å². The molecule has 1 aliphatic carbocycles. The zero-order chi connectivity index (χ0) is 17.3. The maximum atomic E-state index is 12.6. The number of anilines is 1. The molecule has 0 radical (unpaired) electrons. The van der Waals surface area contributed by atoms with Gasteiger partial charge in [-0.25, -0.2) is 4.79 Å². The number of rotatable bonds is 3. The van der Waals surface area contributed by atoms with Gasteiger partial charge in [-0.2, -0.15) is 0 Å². The van der Waals surface area contributed by atoms with E-state index in [4.69, 9.17) is 4.52 Å². The second-order valence-electron chi connectivity index (χ2n) is 6.75. The second kappa shape index (κ2) is 6.36. The summed E-state index contributed by atoms with van der Waals surface area (Å²) in [6.45, 7) is 3.32. The molecule has 1 heterocycles. The van der Waals surface area contributed by atoms with Crippen molar-refractivity contribution in [1.82, 2.24) is 5.16 Å². The number of carbonyl (C=O) groups excluding carboxylic acids is 1. The molecule has 1 aromatic carbocycles. The highest BCUT2D eigenvalue weighted by molar-refractivity contribution is 5.99. The number of nitrogens with one attached hydrogen (secondary N) is 1. The van der Waals surface area contributed by atoms with Gasteiger partial charge in [0.2, 0.25) is 0 Å². The van der Waals surface area contributed by atoms with Gasteiger partial charge in [-0.3, -0.25) is 4.79 Å². The Balaban J connectivity index is 1.85. The van der Waals surface area contributed by atoms with Gasteiger partial charge >= 0.3 is 5.63 Å². The van der Waals surface area contributed by atoms with Crippen molar-refractivity contribution in [2.24, 2.45) is 5.92 Å². The molecule has 1 unspecified atom stereocenters. The largest absolute Gasteiger partial charge is 0.380 e. The van der Waals surface area contributed by atoms with E-state index in [0.29, 0.717) is 22.2 Å². The minimum Gasteiger partial charge on any atom is -0.380 e. The SMILES string of the molecule is Cc1noc(=O)c2ccc(NC(=O)C(C)(O)C3CCCCC3)cc12. The van der Waals surface area contributed by atoms with Crippen LogP contribution in [0.15, 0.2) is 27.5 Å². The van der Waals surface area contributed by atoms with Crippen LogP contribution in [0.1, 0.15) is 44.7 Å². The van der Waals surface area contributed by atoms with Crippen molar-refractivity contribution in [1.29, 1.82) is 0 Å². The third-order valence-electron chi connectivity index (χ3n) is 5.01. The summed E-state index contributed by atoms with van der Waals surface area (Å²) in [4.78, 5) is 24.2. The van der Waals surface area contributed by atoms with E-state index in [-0.39, 0.29) is 5.92 Å². The van der Waals surface area contributed by atoms with Crippen LogP contribution < -0.4 is 10.9 Å². The standard InChI is InChI=1S/C18H22N2O4/c1-11-15-10-13(8-9-14(15)16(21)24-20-11)19-17(22)18(2,23)12-6-4-3-5-7-12/h8-10,12,23H,3-7H2,1-2H3,(H,19,22). The molecule has 1 fully saturated rings. The van der Waals surface area contributed by atoms with Gasteiger partial charge in [0.05, 0.1) is 11.1 Å². The summed E-state index contributed by atoms with van der Waals surface area (Å²) in [5, 5.41) is 18.2. The average molecular weight is 330 g/mol. The minimum absolute atomic E-state index is 0.0258. The van der Waals surface area contributed by atoms with Crippen molar-refractivity contribution in [3.8, 4) is 0 Å². The van der Waals surface area contributed by atoms with Crippen LogP contribution in [0.5, 0.6) is 0 Å². The molecule has 24 heavy (non-hydrogen) atoms. The molecule has 128 valence electrons. The van der Waals surface area contributed by atoms with Gasteiger partial charge in [0, 0.05) is 11.1 Å². The first-order chi connectivity index (χ1) is 11.4. The zero-order valence-corrected chi connectivity index (χ0v) is 14.0. The Morgan fingerprint density at radius 3 is 2.71 bits per heavy atom. The summed E-state index contributed by atoms with van der Waals surface area (Å²) in [5.41, 5.74) is -0.820. The number of hydrogen-bond donors (Lipinski definition) is 2. The van der Waals surface area contributed by atoms with Crippen LogP contribution >= 0.6 is 0 Å². The maximum Gasteiger partial charge on any atom is 0.366 e. The summed E-state index contributed by atoms with van der Waals surface area (Å²) in [7, 11) is 0. The number of aromatic nitrogens is 1. The number of fused-ring (bicyclic) bond motifs is 1. The Kier molecular flexibility index (Phi) is 4.41. The highest BCUT2D eigenvalue weighted by Crippen LogP contribution is 2.33. The number of aliphatic hydroxyl groups is 1. The number of nitrogens with zero attached hydrogens (tertiary/aromatic N) is 1. The summed E-state index contributed by atoms with van der Waals surface area (Å²) >= 11 is 0. The molecule has 1 aliphatic rings.